The molecule has 1 aliphatic heterocycles. The van der Waals surface area contributed by atoms with Gasteiger partial charge in [-0.3, -0.25) is 4.79 Å². The third-order valence-electron chi connectivity index (χ3n) is 1.42. The van der Waals surface area contributed by atoms with Crippen LogP contribution in [0.25, 0.3) is 0 Å². The highest BCUT2D eigenvalue weighted by molar-refractivity contribution is 5.46. The Hall–Kier alpha value is -1.39. The molecule has 0 aromatic rings. The molecule has 12 heavy (non-hydrogen) atoms. The van der Waals surface area contributed by atoms with Gasteiger partial charge in [0.1, 0.15) is 12.4 Å². The van der Waals surface area contributed by atoms with Crippen molar-refractivity contribution in [2.24, 2.45) is 0 Å². The largest absolute Gasteiger partial charge is 0.353 e. The van der Waals surface area contributed by atoms with Crippen molar-refractivity contribution in [3.63, 3.8) is 0 Å². The molecule has 0 saturated heterocycles. The van der Waals surface area contributed by atoms with Crippen LogP contribution in [0, 0.1) is 0 Å². The summed E-state index contributed by atoms with van der Waals surface area (Å²) in [6.45, 7) is -0.309. The highest BCUT2D eigenvalue weighted by Crippen LogP contribution is 2.14. The van der Waals surface area contributed by atoms with E-state index in [4.69, 9.17) is 0 Å². The van der Waals surface area contributed by atoms with E-state index in [2.05, 4.69) is 5.32 Å². The van der Waals surface area contributed by atoms with E-state index in [9.17, 15) is 13.7 Å². The third kappa shape index (κ3) is 2.05. The van der Waals surface area contributed by atoms with Gasteiger partial charge in [-0.2, -0.15) is 0 Å². The normalized spacial score (nSPS) is 16.7. The number of amides is 1. The maximum absolute atomic E-state index is 12.8. The van der Waals surface area contributed by atoms with E-state index >= 15 is 0 Å². The second kappa shape index (κ2) is 3.85. The molecular formula is C7H8F2N2O. The fourth-order valence-electron chi connectivity index (χ4n) is 0.845. The second-order valence-electron chi connectivity index (χ2n) is 2.29. The van der Waals surface area contributed by atoms with Gasteiger partial charge in [-0.25, -0.2) is 9.51 Å². The molecular weight excluding hydrogens is 166 g/mol. The smallest absolute Gasteiger partial charge is 0.207 e. The molecule has 0 unspecified atom stereocenters. The van der Waals surface area contributed by atoms with Crippen LogP contribution in [0.1, 0.15) is 0 Å². The summed E-state index contributed by atoms with van der Waals surface area (Å²) in [4.78, 5) is 9.85. The Morgan fingerprint density at radius 1 is 1.67 bits per heavy atom. The molecule has 1 heterocycles. The first-order valence-corrected chi connectivity index (χ1v) is 3.39. The summed E-state index contributed by atoms with van der Waals surface area (Å²) in [7, 11) is 0. The number of nitrogens with one attached hydrogen (secondary N) is 1. The van der Waals surface area contributed by atoms with Gasteiger partial charge in [-0.05, 0) is 12.2 Å². The number of halogens is 2. The Kier molecular flexibility index (Phi) is 2.79. The Morgan fingerprint density at radius 3 is 3.00 bits per heavy atom. The molecule has 0 spiro atoms. The van der Waals surface area contributed by atoms with Gasteiger partial charge in [-0.1, -0.05) is 4.48 Å². The summed E-state index contributed by atoms with van der Waals surface area (Å²) >= 11 is 0. The van der Waals surface area contributed by atoms with Gasteiger partial charge >= 0.3 is 0 Å². The van der Waals surface area contributed by atoms with E-state index in [0.717, 1.165) is 0 Å². The molecule has 0 saturated carbocycles. The monoisotopic (exact) mass is 174 g/mol. The molecule has 1 aliphatic rings. The number of allylic oxidation sites excluding steroid dienone is 2. The summed E-state index contributed by atoms with van der Waals surface area (Å²) < 4.78 is 25.1. The van der Waals surface area contributed by atoms with Crippen LogP contribution in [0.4, 0.5) is 8.87 Å². The molecule has 5 heteroatoms. The Labute approximate surface area is 68.3 Å². The van der Waals surface area contributed by atoms with Crippen LogP contribution in [0.5, 0.6) is 0 Å². The van der Waals surface area contributed by atoms with E-state index in [1.807, 2.05) is 0 Å². The van der Waals surface area contributed by atoms with Crippen molar-refractivity contribution in [2.45, 2.75) is 0 Å². The third-order valence-corrected chi connectivity index (χ3v) is 1.42. The molecule has 66 valence electrons. The van der Waals surface area contributed by atoms with Crippen LogP contribution in [0.15, 0.2) is 23.7 Å². The zero-order chi connectivity index (χ0) is 8.97. The van der Waals surface area contributed by atoms with Gasteiger partial charge in [0, 0.05) is 0 Å². The lowest BCUT2D eigenvalue weighted by Gasteiger charge is -2.18. The molecule has 1 amide bonds. The van der Waals surface area contributed by atoms with Crippen molar-refractivity contribution in [3.05, 3.63) is 23.7 Å². The van der Waals surface area contributed by atoms with Gasteiger partial charge in [0.2, 0.25) is 6.41 Å². The van der Waals surface area contributed by atoms with Crippen molar-refractivity contribution < 1.29 is 13.7 Å². The van der Waals surface area contributed by atoms with Crippen molar-refractivity contribution >= 4 is 6.41 Å². The Balaban J connectivity index is 2.56. The highest BCUT2D eigenvalue weighted by Gasteiger charge is 2.13. The SMILES string of the molecule is O=CNCC1=CC=C(F)CN1F. The van der Waals surface area contributed by atoms with Crippen LogP contribution in [-0.4, -0.2) is 24.6 Å². The minimum atomic E-state index is -0.535. The highest BCUT2D eigenvalue weighted by atomic mass is 19.2. The number of hydrogen-bond donors (Lipinski definition) is 1. The van der Waals surface area contributed by atoms with Crippen LogP contribution in [0.2, 0.25) is 0 Å². The van der Waals surface area contributed by atoms with Crippen molar-refractivity contribution in [1.29, 1.82) is 0 Å². The standard InChI is InChI=1S/C7H8F2N2O/c8-6-1-2-7(3-10-5-12)11(9)4-6/h1-2,5H,3-4H2,(H,10,12). The van der Waals surface area contributed by atoms with Crippen LogP contribution in [0.3, 0.4) is 0 Å². The quantitative estimate of drug-likeness (QED) is 0.503. The molecule has 0 fully saturated rings. The first-order valence-electron chi connectivity index (χ1n) is 3.39. The van der Waals surface area contributed by atoms with E-state index < -0.39 is 5.83 Å². The topological polar surface area (TPSA) is 32.3 Å². The van der Waals surface area contributed by atoms with E-state index in [1.165, 1.54) is 12.2 Å². The van der Waals surface area contributed by atoms with Gasteiger partial charge in [0.15, 0.2) is 0 Å². The molecule has 0 aromatic heterocycles. The molecule has 0 aromatic carbocycles. The predicted octanol–water partition coefficient (Wildman–Crippen LogP) is 0.670. The van der Waals surface area contributed by atoms with Gasteiger partial charge < -0.3 is 5.32 Å². The van der Waals surface area contributed by atoms with Crippen molar-refractivity contribution in [2.75, 3.05) is 13.1 Å². The molecule has 0 atom stereocenters. The van der Waals surface area contributed by atoms with Gasteiger partial charge in [0.05, 0.1) is 12.2 Å². The van der Waals surface area contributed by atoms with E-state index in [0.29, 0.717) is 6.41 Å². The van der Waals surface area contributed by atoms with E-state index in [-0.39, 0.29) is 23.9 Å². The zero-order valence-electron chi connectivity index (χ0n) is 6.26. The van der Waals surface area contributed by atoms with Crippen molar-refractivity contribution in [3.8, 4) is 0 Å². The molecule has 3 nitrogen and oxygen atoms in total. The second-order valence-corrected chi connectivity index (χ2v) is 2.29. The number of nitrogens with zero attached hydrogens (tertiary/aromatic N) is 1. The summed E-state index contributed by atoms with van der Waals surface area (Å²) in [5.41, 5.74) is 0.239. The number of rotatable bonds is 3. The lowest BCUT2D eigenvalue weighted by atomic mass is 10.3. The molecule has 1 N–H and O–H groups in total. The molecule has 0 radical (unpaired) electrons. The molecule has 0 bridgehead atoms. The predicted molar refractivity (Wildman–Crippen MR) is 39.2 cm³/mol. The summed E-state index contributed by atoms with van der Waals surface area (Å²) in [5, 5.41) is 2.54. The van der Waals surface area contributed by atoms with Gasteiger partial charge in [-0.15, -0.1) is 0 Å². The van der Waals surface area contributed by atoms with Crippen LogP contribution in [-0.2, 0) is 4.79 Å². The fraction of sp³-hybridized carbons (Fsp3) is 0.286. The summed E-state index contributed by atoms with van der Waals surface area (Å²) in [5.74, 6) is -0.535. The number of hydrogen-bond acceptors (Lipinski definition) is 2. The number of carbonyl (C=O) groups excluding carboxylic acids is 1. The minimum Gasteiger partial charge on any atom is -0.353 e. The molecule has 0 aliphatic carbocycles. The van der Waals surface area contributed by atoms with Gasteiger partial charge in [0.25, 0.3) is 0 Å². The zero-order valence-corrected chi connectivity index (χ0v) is 6.26. The van der Waals surface area contributed by atoms with Crippen LogP contribution >= 0.6 is 0 Å². The fourth-order valence-corrected chi connectivity index (χ4v) is 0.845. The average Bonchev–Trinajstić information content (AvgIpc) is 2.03. The Bertz CT molecular complexity index is 238. The van der Waals surface area contributed by atoms with E-state index in [1.54, 1.807) is 0 Å². The first kappa shape index (κ1) is 8.70. The molecule has 1 rings (SSSR count). The van der Waals surface area contributed by atoms with Crippen molar-refractivity contribution in [1.82, 2.24) is 10.4 Å². The summed E-state index contributed by atoms with van der Waals surface area (Å²) in [6.07, 6.45) is 2.93. The summed E-state index contributed by atoms with van der Waals surface area (Å²) in [6, 6.07) is 0. The first-order chi connectivity index (χ1) is 5.74. The number of carbonyl (C=O) groups is 1. The lowest BCUT2D eigenvalue weighted by molar-refractivity contribution is -0.109. The minimum absolute atomic E-state index is 0.0732. The van der Waals surface area contributed by atoms with Crippen LogP contribution < -0.4 is 5.32 Å². The Morgan fingerprint density at radius 2 is 2.42 bits per heavy atom. The maximum atomic E-state index is 12.8. The lowest BCUT2D eigenvalue weighted by Crippen LogP contribution is -2.26. The maximum Gasteiger partial charge on any atom is 0.207 e. The average molecular weight is 174 g/mol.